The van der Waals surface area contributed by atoms with E-state index in [0.29, 0.717) is 0 Å². The van der Waals surface area contributed by atoms with Gasteiger partial charge in [-0.25, -0.2) is 0 Å². The van der Waals surface area contributed by atoms with Crippen molar-refractivity contribution in [2.75, 3.05) is 39.4 Å². The topological polar surface area (TPSA) is 42.3 Å². The molecular weight excluding hydrogens is 311 g/mol. The second kappa shape index (κ2) is 12.2. The van der Waals surface area contributed by atoms with Crippen LogP contribution < -0.4 is 5.32 Å². The van der Waals surface area contributed by atoms with Gasteiger partial charge in [-0.2, -0.15) is 5.10 Å². The lowest BCUT2D eigenvalue weighted by atomic mass is 10.3. The largest absolute Gasteiger partial charge is 0.379 e. The minimum Gasteiger partial charge on any atom is -0.379 e. The minimum absolute atomic E-state index is 0. The van der Waals surface area contributed by atoms with E-state index in [0.717, 1.165) is 52.4 Å². The monoisotopic (exact) mass is 338 g/mol. The zero-order valence-corrected chi connectivity index (χ0v) is 14.4. The molecule has 0 bridgehead atoms. The van der Waals surface area contributed by atoms with Gasteiger partial charge in [0.25, 0.3) is 0 Å². The average Bonchev–Trinajstić information content (AvgIpc) is 2.88. The van der Waals surface area contributed by atoms with Gasteiger partial charge in [0.1, 0.15) is 0 Å². The Morgan fingerprint density at radius 3 is 2.71 bits per heavy atom. The Morgan fingerprint density at radius 1 is 1.24 bits per heavy atom. The first kappa shape index (κ1) is 20.7. The number of aromatic nitrogens is 2. The van der Waals surface area contributed by atoms with E-state index in [9.17, 15) is 0 Å². The summed E-state index contributed by atoms with van der Waals surface area (Å²) in [6.07, 6.45) is 4.22. The van der Waals surface area contributed by atoms with E-state index in [1.165, 1.54) is 18.7 Å². The van der Waals surface area contributed by atoms with E-state index in [-0.39, 0.29) is 24.8 Å². The van der Waals surface area contributed by atoms with Gasteiger partial charge in [-0.15, -0.1) is 24.8 Å². The van der Waals surface area contributed by atoms with Gasteiger partial charge in [0.2, 0.25) is 0 Å². The van der Waals surface area contributed by atoms with Gasteiger partial charge in [0.15, 0.2) is 0 Å². The highest BCUT2D eigenvalue weighted by Crippen LogP contribution is 2.00. The molecule has 2 rings (SSSR count). The standard InChI is InChI=1S/C14H26N4O.2ClH/c1-2-7-18-14(4-6-16-18)13-15-5-3-8-17-9-11-19-12-10-17;;/h4,6,15H,2-3,5,7-13H2,1H3;2*1H. The molecule has 1 aliphatic heterocycles. The first-order chi connectivity index (χ1) is 9.40. The van der Waals surface area contributed by atoms with Gasteiger partial charge in [-0.3, -0.25) is 9.58 Å². The number of halogens is 2. The zero-order valence-electron chi connectivity index (χ0n) is 12.8. The smallest absolute Gasteiger partial charge is 0.0594 e. The van der Waals surface area contributed by atoms with Crippen LogP contribution in [0.4, 0.5) is 0 Å². The number of hydrogen-bond acceptors (Lipinski definition) is 4. The Bertz CT molecular complexity index is 356. The zero-order chi connectivity index (χ0) is 13.3. The first-order valence-electron chi connectivity index (χ1n) is 7.41. The van der Waals surface area contributed by atoms with Gasteiger partial charge < -0.3 is 10.1 Å². The Kier molecular flexibility index (Phi) is 12.0. The van der Waals surface area contributed by atoms with Crippen LogP contribution in [0.15, 0.2) is 12.3 Å². The summed E-state index contributed by atoms with van der Waals surface area (Å²) in [5, 5.41) is 7.84. The molecule has 1 N–H and O–H groups in total. The third kappa shape index (κ3) is 7.47. The summed E-state index contributed by atoms with van der Waals surface area (Å²) in [4.78, 5) is 2.48. The van der Waals surface area contributed by atoms with E-state index < -0.39 is 0 Å². The molecule has 5 nitrogen and oxygen atoms in total. The van der Waals surface area contributed by atoms with Crippen molar-refractivity contribution in [3.8, 4) is 0 Å². The summed E-state index contributed by atoms with van der Waals surface area (Å²) in [6, 6.07) is 2.10. The predicted molar refractivity (Wildman–Crippen MR) is 90.6 cm³/mol. The lowest BCUT2D eigenvalue weighted by Gasteiger charge is -2.26. The maximum Gasteiger partial charge on any atom is 0.0594 e. The molecule has 0 amide bonds. The van der Waals surface area contributed by atoms with Crippen LogP contribution in [0.5, 0.6) is 0 Å². The second-order valence-corrected chi connectivity index (χ2v) is 5.03. The highest BCUT2D eigenvalue weighted by Gasteiger charge is 2.09. The van der Waals surface area contributed by atoms with Crippen LogP contribution in [0.1, 0.15) is 25.5 Å². The molecule has 1 aliphatic rings. The third-order valence-electron chi connectivity index (χ3n) is 3.48. The maximum absolute atomic E-state index is 5.35. The number of nitrogens with one attached hydrogen (secondary N) is 1. The van der Waals surface area contributed by atoms with Crippen LogP contribution in [0, 0.1) is 0 Å². The van der Waals surface area contributed by atoms with Gasteiger partial charge >= 0.3 is 0 Å². The number of ether oxygens (including phenoxy) is 1. The van der Waals surface area contributed by atoms with Gasteiger partial charge in [0, 0.05) is 32.4 Å². The van der Waals surface area contributed by atoms with E-state index in [1.807, 2.05) is 6.20 Å². The summed E-state index contributed by atoms with van der Waals surface area (Å²) in [7, 11) is 0. The van der Waals surface area contributed by atoms with Crippen LogP contribution in [-0.4, -0.2) is 54.1 Å². The molecule has 0 unspecified atom stereocenters. The Balaban J connectivity index is 0.00000200. The molecule has 0 saturated carbocycles. The molecule has 1 saturated heterocycles. The molecule has 7 heteroatoms. The van der Waals surface area contributed by atoms with Gasteiger partial charge in [0.05, 0.1) is 18.9 Å². The Labute approximate surface area is 140 Å². The number of nitrogens with zero attached hydrogens (tertiary/aromatic N) is 3. The molecule has 0 spiro atoms. The summed E-state index contributed by atoms with van der Waals surface area (Å²) >= 11 is 0. The molecule has 2 heterocycles. The highest BCUT2D eigenvalue weighted by molar-refractivity contribution is 5.85. The molecule has 0 atom stereocenters. The van der Waals surface area contributed by atoms with Crippen molar-refractivity contribution in [2.24, 2.45) is 0 Å². The predicted octanol–water partition coefficient (Wildman–Crippen LogP) is 1.95. The van der Waals surface area contributed by atoms with E-state index >= 15 is 0 Å². The number of rotatable bonds is 8. The summed E-state index contributed by atoms with van der Waals surface area (Å²) in [6.45, 7) is 10.3. The van der Waals surface area contributed by atoms with Crippen molar-refractivity contribution in [3.63, 3.8) is 0 Å². The lowest BCUT2D eigenvalue weighted by molar-refractivity contribution is 0.0374. The number of morpholine rings is 1. The first-order valence-corrected chi connectivity index (χ1v) is 7.41. The maximum atomic E-state index is 5.35. The van der Waals surface area contributed by atoms with Crippen molar-refractivity contribution in [2.45, 2.75) is 32.9 Å². The van der Waals surface area contributed by atoms with E-state index in [2.05, 4.69) is 33.0 Å². The molecule has 124 valence electrons. The Hall–Kier alpha value is -0.330. The molecule has 0 aliphatic carbocycles. The third-order valence-corrected chi connectivity index (χ3v) is 3.48. The summed E-state index contributed by atoms with van der Waals surface area (Å²) < 4.78 is 7.44. The van der Waals surface area contributed by atoms with Gasteiger partial charge in [-0.05, 0) is 32.0 Å². The minimum atomic E-state index is 0. The fourth-order valence-electron chi connectivity index (χ4n) is 2.39. The fourth-order valence-corrected chi connectivity index (χ4v) is 2.39. The summed E-state index contributed by atoms with van der Waals surface area (Å²) in [5.41, 5.74) is 1.29. The number of aryl methyl sites for hydroxylation is 1. The van der Waals surface area contributed by atoms with Crippen LogP contribution >= 0.6 is 24.8 Å². The molecule has 0 radical (unpaired) electrons. The number of hydrogen-bond donors (Lipinski definition) is 1. The molecular formula is C14H28Cl2N4O. The molecule has 0 aromatic carbocycles. The van der Waals surface area contributed by atoms with Crippen LogP contribution in [-0.2, 0) is 17.8 Å². The van der Waals surface area contributed by atoms with Crippen LogP contribution in [0.2, 0.25) is 0 Å². The average molecular weight is 339 g/mol. The van der Waals surface area contributed by atoms with Crippen molar-refractivity contribution in [1.29, 1.82) is 0 Å². The lowest BCUT2D eigenvalue weighted by Crippen LogP contribution is -2.37. The van der Waals surface area contributed by atoms with Crippen molar-refractivity contribution >= 4 is 24.8 Å². The molecule has 1 fully saturated rings. The molecule has 1 aromatic rings. The quantitative estimate of drug-likeness (QED) is 0.735. The Morgan fingerprint density at radius 2 is 2.00 bits per heavy atom. The fraction of sp³-hybridized carbons (Fsp3) is 0.786. The SMILES string of the molecule is CCCn1nccc1CNCCCN1CCOCC1.Cl.Cl. The van der Waals surface area contributed by atoms with Crippen molar-refractivity contribution < 1.29 is 4.74 Å². The molecule has 21 heavy (non-hydrogen) atoms. The van der Waals surface area contributed by atoms with E-state index in [4.69, 9.17) is 4.74 Å². The summed E-state index contributed by atoms with van der Waals surface area (Å²) in [5.74, 6) is 0. The van der Waals surface area contributed by atoms with Crippen molar-refractivity contribution in [1.82, 2.24) is 20.0 Å². The van der Waals surface area contributed by atoms with E-state index in [1.54, 1.807) is 0 Å². The normalized spacial score (nSPS) is 15.3. The molecule has 1 aromatic heterocycles. The van der Waals surface area contributed by atoms with Gasteiger partial charge in [-0.1, -0.05) is 6.92 Å². The van der Waals surface area contributed by atoms with Crippen LogP contribution in [0.3, 0.4) is 0 Å². The highest BCUT2D eigenvalue weighted by atomic mass is 35.5. The van der Waals surface area contributed by atoms with Crippen LogP contribution in [0.25, 0.3) is 0 Å². The van der Waals surface area contributed by atoms with Crippen molar-refractivity contribution in [3.05, 3.63) is 18.0 Å². The second-order valence-electron chi connectivity index (χ2n) is 5.03.